The van der Waals surface area contributed by atoms with Gasteiger partial charge in [0, 0.05) is 51.7 Å². The molecule has 30 heavy (non-hydrogen) atoms. The molecule has 0 aromatic heterocycles. The number of carboxylic acid groups (broad SMARTS) is 1. The van der Waals surface area contributed by atoms with E-state index in [9.17, 15) is 22.6 Å². The first-order chi connectivity index (χ1) is 13.6. The summed E-state index contributed by atoms with van der Waals surface area (Å²) >= 11 is 0. The van der Waals surface area contributed by atoms with Gasteiger partial charge >= 0.3 is 11.9 Å². The Balaban J connectivity index is 0.00000320. The van der Waals surface area contributed by atoms with Crippen LogP contribution in [0.1, 0.15) is 0 Å². The third-order valence-electron chi connectivity index (χ3n) is 3.89. The third kappa shape index (κ3) is 5.40. The number of carboxylic acids is 1. The molecule has 0 aliphatic carbocycles. The number of carbonyl (C=O) groups excluding carboxylic acids is 1. The minimum atomic E-state index is -4.40. The molecule has 0 aliphatic rings. The van der Waals surface area contributed by atoms with Gasteiger partial charge in [-0.25, -0.2) is 4.79 Å². The van der Waals surface area contributed by atoms with Crippen LogP contribution in [-0.4, -0.2) is 59.5 Å². The summed E-state index contributed by atoms with van der Waals surface area (Å²) in [6.45, 7) is 0. The van der Waals surface area contributed by atoms with Gasteiger partial charge in [0.2, 0.25) is 0 Å². The van der Waals surface area contributed by atoms with Gasteiger partial charge in [0.05, 0.1) is 16.3 Å². The summed E-state index contributed by atoms with van der Waals surface area (Å²) in [4.78, 5) is 21.4. The molecule has 3 aromatic carbocycles. The zero-order chi connectivity index (χ0) is 21.2. The molecule has 1 radical (unpaired) electrons. The Morgan fingerprint density at radius 2 is 1.60 bits per heavy atom. The summed E-state index contributed by atoms with van der Waals surface area (Å²) in [7, 11) is -4.40. The number of azo groups is 1. The smallest absolute Gasteiger partial charge is 0.394 e. The number of fused-ring (bicyclic) bond motifs is 1. The molecule has 1 amide bonds. The molecule has 0 saturated carbocycles. The Morgan fingerprint density at radius 3 is 2.20 bits per heavy atom. The number of nitrogens with zero attached hydrogens (tertiary/aromatic N) is 2. The minimum absolute atomic E-state index is 0. The monoisotopic (exact) mass is 437 g/mol. The zero-order valence-corrected chi connectivity index (χ0v) is 18.4. The van der Waals surface area contributed by atoms with Gasteiger partial charge in [-0.05, 0) is 48.5 Å². The van der Waals surface area contributed by atoms with E-state index in [2.05, 4.69) is 15.5 Å². The summed E-state index contributed by atoms with van der Waals surface area (Å²) in [6, 6.07) is 13.0. The fourth-order valence-electron chi connectivity index (χ4n) is 2.49. The number of benzene rings is 3. The van der Waals surface area contributed by atoms with Crippen LogP contribution in [0.5, 0.6) is 0 Å². The fraction of sp³-hybridized carbons (Fsp3) is 0. The van der Waals surface area contributed by atoms with Gasteiger partial charge in [-0.15, -0.1) is 5.11 Å². The van der Waals surface area contributed by atoms with Crippen molar-refractivity contribution in [2.75, 3.05) is 11.1 Å². The number of nitrogen functional groups attached to an aromatic ring is 1. The molecule has 10 nitrogen and oxygen atoms in total. The van der Waals surface area contributed by atoms with Crippen LogP contribution >= 0.6 is 0 Å². The minimum Gasteiger partial charge on any atom is -0.474 e. The van der Waals surface area contributed by atoms with Crippen LogP contribution in [0.4, 0.5) is 22.7 Å². The number of amides is 1. The van der Waals surface area contributed by atoms with Crippen molar-refractivity contribution in [3.8, 4) is 0 Å². The van der Waals surface area contributed by atoms with Gasteiger partial charge in [0.1, 0.15) is 0 Å². The van der Waals surface area contributed by atoms with Crippen LogP contribution < -0.4 is 11.1 Å². The third-order valence-corrected chi connectivity index (χ3v) is 4.74. The number of rotatable bonds is 4. The SMILES string of the molecule is Nc1ccc(N=Nc2ccc(NC(=O)C(=O)O)cc2)c2cc(S(=O)(=O)O)ccc12.[Na]. The first kappa shape index (κ1) is 23.4. The number of hydrogen-bond acceptors (Lipinski definition) is 7. The van der Waals surface area contributed by atoms with E-state index in [1.54, 1.807) is 12.1 Å². The van der Waals surface area contributed by atoms with Crippen LogP contribution in [0.2, 0.25) is 0 Å². The first-order valence-electron chi connectivity index (χ1n) is 8.01. The second-order valence-electron chi connectivity index (χ2n) is 5.86. The molecule has 3 rings (SSSR count). The predicted octanol–water partition coefficient (Wildman–Crippen LogP) is 2.73. The van der Waals surface area contributed by atoms with Crippen molar-refractivity contribution in [1.29, 1.82) is 0 Å². The van der Waals surface area contributed by atoms with Crippen LogP contribution in [-0.2, 0) is 19.7 Å². The molecule has 0 atom stereocenters. The van der Waals surface area contributed by atoms with Crippen molar-refractivity contribution < 1.29 is 27.7 Å². The quantitative estimate of drug-likeness (QED) is 0.160. The van der Waals surface area contributed by atoms with E-state index in [0.717, 1.165) is 0 Å². The standard InChI is InChI=1S/C18H14N4O6S.Na/c19-15-7-8-16(14-9-12(29(26,27)28)5-6-13(14)15)22-21-11-3-1-10(2-4-11)20-17(23)18(24)25;/h1-9H,19H2,(H,20,23)(H,24,25)(H,26,27,28);. The Hall–Kier alpha value is -2.83. The molecular formula is C18H14N4NaO6S. The summed E-state index contributed by atoms with van der Waals surface area (Å²) < 4.78 is 32.1. The maximum absolute atomic E-state index is 11.4. The van der Waals surface area contributed by atoms with Gasteiger partial charge in [-0.1, -0.05) is 6.07 Å². The Kier molecular flexibility index (Phi) is 7.29. The van der Waals surface area contributed by atoms with E-state index in [-0.39, 0.29) is 40.1 Å². The number of nitrogens with two attached hydrogens (primary N) is 1. The van der Waals surface area contributed by atoms with Crippen molar-refractivity contribution in [3.63, 3.8) is 0 Å². The van der Waals surface area contributed by atoms with E-state index in [1.807, 2.05) is 0 Å². The first-order valence-corrected chi connectivity index (χ1v) is 9.45. The van der Waals surface area contributed by atoms with Gasteiger partial charge in [0.25, 0.3) is 10.1 Å². The van der Waals surface area contributed by atoms with Crippen molar-refractivity contribution in [1.82, 2.24) is 0 Å². The second-order valence-corrected chi connectivity index (χ2v) is 7.28. The van der Waals surface area contributed by atoms with Crippen LogP contribution in [0.3, 0.4) is 0 Å². The van der Waals surface area contributed by atoms with E-state index >= 15 is 0 Å². The summed E-state index contributed by atoms with van der Waals surface area (Å²) in [5.41, 5.74) is 7.30. The van der Waals surface area contributed by atoms with Crippen LogP contribution in [0, 0.1) is 0 Å². The molecule has 0 fully saturated rings. The molecule has 0 aliphatic heterocycles. The molecule has 0 saturated heterocycles. The van der Waals surface area contributed by atoms with Gasteiger partial charge in [-0.2, -0.15) is 13.5 Å². The zero-order valence-electron chi connectivity index (χ0n) is 15.6. The fourth-order valence-corrected chi connectivity index (χ4v) is 3.00. The van der Waals surface area contributed by atoms with Gasteiger partial charge < -0.3 is 16.2 Å². The molecule has 0 bridgehead atoms. The van der Waals surface area contributed by atoms with Crippen LogP contribution in [0.15, 0.2) is 69.7 Å². The molecular weight excluding hydrogens is 423 g/mol. The van der Waals surface area contributed by atoms with Gasteiger partial charge in [0.15, 0.2) is 0 Å². The summed E-state index contributed by atoms with van der Waals surface area (Å²) in [5.74, 6) is -2.77. The van der Waals surface area contributed by atoms with E-state index in [0.29, 0.717) is 27.8 Å². The Labute approximate surface area is 192 Å². The maximum Gasteiger partial charge on any atom is 0.394 e. The number of carbonyl (C=O) groups is 2. The number of nitrogens with one attached hydrogen (secondary N) is 1. The molecule has 3 aromatic rings. The van der Waals surface area contributed by atoms with Crippen molar-refractivity contribution >= 4 is 85.1 Å². The average molecular weight is 437 g/mol. The molecule has 12 heteroatoms. The largest absolute Gasteiger partial charge is 0.474 e. The van der Waals surface area contributed by atoms with Crippen molar-refractivity contribution in [3.05, 3.63) is 54.6 Å². The maximum atomic E-state index is 11.4. The predicted molar refractivity (Wildman–Crippen MR) is 111 cm³/mol. The average Bonchev–Trinajstić information content (AvgIpc) is 2.67. The number of hydrogen-bond donors (Lipinski definition) is 4. The second kappa shape index (κ2) is 9.32. The van der Waals surface area contributed by atoms with Crippen LogP contribution in [0.25, 0.3) is 10.8 Å². The summed E-state index contributed by atoms with van der Waals surface area (Å²) in [6.07, 6.45) is 0. The van der Waals surface area contributed by atoms with E-state index in [1.165, 1.54) is 42.5 Å². The van der Waals surface area contributed by atoms with E-state index in [4.69, 9.17) is 10.8 Å². The molecule has 0 unspecified atom stereocenters. The number of aliphatic carboxylic acids is 1. The van der Waals surface area contributed by atoms with Crippen molar-refractivity contribution in [2.24, 2.45) is 10.2 Å². The van der Waals surface area contributed by atoms with E-state index < -0.39 is 22.0 Å². The molecule has 0 heterocycles. The van der Waals surface area contributed by atoms with Gasteiger partial charge in [-0.3, -0.25) is 9.35 Å². The normalized spacial score (nSPS) is 11.2. The molecule has 149 valence electrons. The topological polar surface area (TPSA) is 172 Å². The molecule has 0 spiro atoms. The molecule has 5 N–H and O–H groups in total. The number of anilines is 2. The van der Waals surface area contributed by atoms with Crippen molar-refractivity contribution in [2.45, 2.75) is 4.90 Å². The summed E-state index contributed by atoms with van der Waals surface area (Å²) in [5, 5.41) is 19.8. The Bertz CT molecular complexity index is 1260. The Morgan fingerprint density at radius 1 is 0.933 bits per heavy atom.